The molecule has 0 rings (SSSR count). The van der Waals surface area contributed by atoms with Gasteiger partial charge in [0.1, 0.15) is 0 Å². The van der Waals surface area contributed by atoms with Crippen LogP contribution in [0.1, 0.15) is 26.2 Å². The third-order valence-electron chi connectivity index (χ3n) is 1.59. The van der Waals surface area contributed by atoms with Crippen molar-refractivity contribution in [2.24, 2.45) is 10.9 Å². The summed E-state index contributed by atoms with van der Waals surface area (Å²) in [4.78, 5) is 1.73. The Labute approximate surface area is 67.7 Å². The number of unbranched alkanes of at least 4 members (excludes halogenated alkanes) is 2. The van der Waals surface area contributed by atoms with E-state index in [-0.39, 0.29) is 5.96 Å². The zero-order chi connectivity index (χ0) is 8.69. The first-order valence-corrected chi connectivity index (χ1v) is 3.91. The lowest BCUT2D eigenvalue weighted by molar-refractivity contribution is 0.304. The minimum atomic E-state index is 0.182. The zero-order valence-corrected chi connectivity index (χ0v) is 7.25. The maximum atomic E-state index is 8.28. The van der Waals surface area contributed by atoms with E-state index in [0.29, 0.717) is 0 Å². The first-order valence-electron chi connectivity index (χ1n) is 3.91. The van der Waals surface area contributed by atoms with E-state index >= 15 is 0 Å². The first kappa shape index (κ1) is 10.1. The molecule has 0 saturated heterocycles. The Kier molecular flexibility index (Phi) is 5.33. The second kappa shape index (κ2) is 5.82. The van der Waals surface area contributed by atoms with E-state index in [1.807, 2.05) is 7.05 Å². The molecule has 0 spiro atoms. The van der Waals surface area contributed by atoms with Gasteiger partial charge in [-0.15, -0.1) is 0 Å². The molecular formula is C7H17N3O. The van der Waals surface area contributed by atoms with Gasteiger partial charge in [0, 0.05) is 13.6 Å². The Morgan fingerprint density at radius 1 is 1.55 bits per heavy atom. The normalized spacial score (nSPS) is 11.6. The Morgan fingerprint density at radius 3 is 2.64 bits per heavy atom. The third-order valence-corrected chi connectivity index (χ3v) is 1.59. The second-order valence-corrected chi connectivity index (χ2v) is 2.59. The molecule has 0 aromatic rings. The van der Waals surface area contributed by atoms with Gasteiger partial charge in [-0.25, -0.2) is 0 Å². The van der Waals surface area contributed by atoms with Gasteiger partial charge in [-0.3, -0.25) is 0 Å². The Balaban J connectivity index is 3.44. The van der Waals surface area contributed by atoms with Crippen LogP contribution in [0.15, 0.2) is 5.16 Å². The summed E-state index contributed by atoms with van der Waals surface area (Å²) in [6.45, 7) is 2.99. The van der Waals surface area contributed by atoms with Gasteiger partial charge in [-0.1, -0.05) is 24.9 Å². The molecule has 0 aromatic carbocycles. The lowest BCUT2D eigenvalue weighted by Crippen LogP contribution is -2.34. The third kappa shape index (κ3) is 4.47. The summed E-state index contributed by atoms with van der Waals surface area (Å²) in [5.41, 5.74) is 5.32. The van der Waals surface area contributed by atoms with Crippen molar-refractivity contribution in [3.05, 3.63) is 0 Å². The molecule has 4 nitrogen and oxygen atoms in total. The summed E-state index contributed by atoms with van der Waals surface area (Å²) in [7, 11) is 1.81. The smallest absolute Gasteiger partial charge is 0.233 e. The van der Waals surface area contributed by atoms with Crippen molar-refractivity contribution in [3.8, 4) is 0 Å². The van der Waals surface area contributed by atoms with E-state index in [9.17, 15) is 0 Å². The standard InChI is InChI=1S/C7H17N3O/c1-3-4-5-6-10(2)7(8)9-11/h11H,3-6H2,1-2H3,(H2,8,9). The average molecular weight is 159 g/mol. The summed E-state index contributed by atoms with van der Waals surface area (Å²) >= 11 is 0. The number of nitrogens with two attached hydrogens (primary N) is 1. The summed E-state index contributed by atoms with van der Waals surface area (Å²) < 4.78 is 0. The highest BCUT2D eigenvalue weighted by Gasteiger charge is 1.99. The van der Waals surface area contributed by atoms with Crippen molar-refractivity contribution < 1.29 is 5.21 Å². The summed E-state index contributed by atoms with van der Waals surface area (Å²) in [6.07, 6.45) is 3.45. The predicted octanol–water partition coefficient (Wildman–Crippen LogP) is 0.812. The van der Waals surface area contributed by atoms with E-state index in [4.69, 9.17) is 10.9 Å². The van der Waals surface area contributed by atoms with Gasteiger partial charge in [-0.05, 0) is 6.42 Å². The van der Waals surface area contributed by atoms with Crippen molar-refractivity contribution in [3.63, 3.8) is 0 Å². The number of rotatable bonds is 4. The van der Waals surface area contributed by atoms with Crippen LogP contribution < -0.4 is 5.73 Å². The molecule has 0 bridgehead atoms. The van der Waals surface area contributed by atoms with Crippen LogP contribution in [0.25, 0.3) is 0 Å². The van der Waals surface area contributed by atoms with Crippen LogP contribution in [-0.2, 0) is 0 Å². The fourth-order valence-electron chi connectivity index (χ4n) is 0.790. The number of hydrogen-bond acceptors (Lipinski definition) is 2. The molecule has 11 heavy (non-hydrogen) atoms. The van der Waals surface area contributed by atoms with Crippen molar-refractivity contribution in [2.45, 2.75) is 26.2 Å². The Hall–Kier alpha value is -0.930. The first-order chi connectivity index (χ1) is 5.22. The minimum Gasteiger partial charge on any atom is -0.408 e. The topological polar surface area (TPSA) is 61.8 Å². The largest absolute Gasteiger partial charge is 0.408 e. The molecule has 0 atom stereocenters. The van der Waals surface area contributed by atoms with Crippen LogP contribution in [-0.4, -0.2) is 29.7 Å². The van der Waals surface area contributed by atoms with Gasteiger partial charge in [-0.2, -0.15) is 0 Å². The van der Waals surface area contributed by atoms with Crippen molar-refractivity contribution in [1.82, 2.24) is 4.90 Å². The maximum Gasteiger partial charge on any atom is 0.233 e. The molecule has 3 N–H and O–H groups in total. The highest BCUT2D eigenvalue weighted by atomic mass is 16.4. The molecular weight excluding hydrogens is 142 g/mol. The second-order valence-electron chi connectivity index (χ2n) is 2.59. The van der Waals surface area contributed by atoms with E-state index in [1.165, 1.54) is 12.8 Å². The molecule has 0 aromatic heterocycles. The Bertz CT molecular complexity index is 125. The molecule has 0 saturated carbocycles. The number of oxime groups is 1. The van der Waals surface area contributed by atoms with Crippen molar-refractivity contribution >= 4 is 5.96 Å². The SMILES string of the molecule is CCCCCN(C)C(N)=NO. The fourth-order valence-corrected chi connectivity index (χ4v) is 0.790. The van der Waals surface area contributed by atoms with E-state index in [0.717, 1.165) is 13.0 Å². The molecule has 0 aliphatic rings. The van der Waals surface area contributed by atoms with Crippen molar-refractivity contribution in [2.75, 3.05) is 13.6 Å². The van der Waals surface area contributed by atoms with Crippen LogP contribution in [0.5, 0.6) is 0 Å². The summed E-state index contributed by atoms with van der Waals surface area (Å²) in [5, 5.41) is 11.2. The average Bonchev–Trinajstić information content (AvgIpc) is 2.03. The van der Waals surface area contributed by atoms with Gasteiger partial charge in [0.2, 0.25) is 5.96 Å². The van der Waals surface area contributed by atoms with Crippen LogP contribution in [0.4, 0.5) is 0 Å². The van der Waals surface area contributed by atoms with Crippen LogP contribution in [0.2, 0.25) is 0 Å². The minimum absolute atomic E-state index is 0.182. The quantitative estimate of drug-likeness (QED) is 0.210. The number of hydrogen-bond donors (Lipinski definition) is 2. The van der Waals surface area contributed by atoms with E-state index in [1.54, 1.807) is 4.90 Å². The molecule has 4 heteroatoms. The van der Waals surface area contributed by atoms with Gasteiger partial charge in [0.25, 0.3) is 0 Å². The highest BCUT2D eigenvalue weighted by Crippen LogP contribution is 1.95. The molecule has 0 aliphatic heterocycles. The molecule has 0 amide bonds. The maximum absolute atomic E-state index is 8.28. The molecule has 0 heterocycles. The molecule has 66 valence electrons. The lowest BCUT2D eigenvalue weighted by atomic mass is 10.2. The van der Waals surface area contributed by atoms with Crippen LogP contribution in [0, 0.1) is 0 Å². The number of guanidine groups is 1. The molecule has 0 unspecified atom stereocenters. The summed E-state index contributed by atoms with van der Waals surface area (Å²) in [5.74, 6) is 0.182. The van der Waals surface area contributed by atoms with Gasteiger partial charge in [0.05, 0.1) is 0 Å². The van der Waals surface area contributed by atoms with Gasteiger partial charge >= 0.3 is 0 Å². The lowest BCUT2D eigenvalue weighted by Gasteiger charge is -2.15. The highest BCUT2D eigenvalue weighted by molar-refractivity contribution is 5.76. The zero-order valence-electron chi connectivity index (χ0n) is 7.25. The molecule has 0 radical (unpaired) electrons. The van der Waals surface area contributed by atoms with E-state index in [2.05, 4.69) is 12.1 Å². The Morgan fingerprint density at radius 2 is 2.18 bits per heavy atom. The summed E-state index contributed by atoms with van der Waals surface area (Å²) in [6, 6.07) is 0. The molecule has 0 fully saturated rings. The monoisotopic (exact) mass is 159 g/mol. The van der Waals surface area contributed by atoms with Gasteiger partial charge in [0.15, 0.2) is 0 Å². The van der Waals surface area contributed by atoms with Crippen molar-refractivity contribution in [1.29, 1.82) is 0 Å². The molecule has 0 aliphatic carbocycles. The van der Waals surface area contributed by atoms with Crippen LogP contribution in [0.3, 0.4) is 0 Å². The van der Waals surface area contributed by atoms with Gasteiger partial charge < -0.3 is 15.8 Å². The fraction of sp³-hybridized carbons (Fsp3) is 0.857. The predicted molar refractivity (Wildman–Crippen MR) is 45.6 cm³/mol. The number of nitrogens with zero attached hydrogens (tertiary/aromatic N) is 2. The van der Waals surface area contributed by atoms with E-state index < -0.39 is 0 Å². The van der Waals surface area contributed by atoms with Crippen LogP contribution >= 0.6 is 0 Å².